The first-order valence-electron chi connectivity index (χ1n) is 19.5. The SMILES string of the molecule is CN=C(CCCC/C(=N\OC(C)=O)c1ccc2c(c1)C1C=C(C(=O)c3ccccc3C)C=CC1N2)c1ccc2[nH]c3ccc(C(=O)c4ccccc4C)cc3c2c1. The number of fused-ring (bicyclic) bond motifs is 6. The molecule has 0 fully saturated rings. The number of carbonyl (C=O) groups is 3. The van der Waals surface area contributed by atoms with Crippen LogP contribution in [0.2, 0.25) is 0 Å². The van der Waals surface area contributed by atoms with Gasteiger partial charge in [0, 0.05) is 75.4 Å². The summed E-state index contributed by atoms with van der Waals surface area (Å²) in [5.41, 5.74) is 12.3. The highest BCUT2D eigenvalue weighted by Crippen LogP contribution is 2.41. The fourth-order valence-corrected chi connectivity index (χ4v) is 8.10. The number of anilines is 1. The van der Waals surface area contributed by atoms with Gasteiger partial charge in [0.25, 0.3) is 0 Å². The Labute approximate surface area is 332 Å². The molecule has 8 nitrogen and oxygen atoms in total. The topological polar surface area (TPSA) is 113 Å². The summed E-state index contributed by atoms with van der Waals surface area (Å²) < 4.78 is 0. The summed E-state index contributed by atoms with van der Waals surface area (Å²) in [7, 11) is 1.82. The summed E-state index contributed by atoms with van der Waals surface area (Å²) in [6.07, 6.45) is 9.01. The molecular formula is C49H44N4O4. The zero-order chi connectivity index (χ0) is 39.6. The molecule has 284 valence electrons. The van der Waals surface area contributed by atoms with Crippen molar-refractivity contribution in [1.29, 1.82) is 0 Å². The lowest BCUT2D eigenvalue weighted by atomic mass is 9.85. The van der Waals surface area contributed by atoms with E-state index in [-0.39, 0.29) is 23.5 Å². The lowest BCUT2D eigenvalue weighted by Gasteiger charge is -2.20. The van der Waals surface area contributed by atoms with Crippen molar-refractivity contribution in [2.24, 2.45) is 10.1 Å². The predicted octanol–water partition coefficient (Wildman–Crippen LogP) is 10.4. The van der Waals surface area contributed by atoms with Crippen molar-refractivity contribution in [2.75, 3.05) is 12.4 Å². The molecule has 2 N–H and O–H groups in total. The number of aryl methyl sites for hydroxylation is 2. The zero-order valence-electron chi connectivity index (χ0n) is 32.6. The van der Waals surface area contributed by atoms with Gasteiger partial charge >= 0.3 is 5.97 Å². The minimum atomic E-state index is -0.477. The van der Waals surface area contributed by atoms with Crippen LogP contribution in [0, 0.1) is 13.8 Å². The van der Waals surface area contributed by atoms with Crippen LogP contribution in [0.15, 0.2) is 137 Å². The van der Waals surface area contributed by atoms with Crippen LogP contribution in [0.5, 0.6) is 0 Å². The van der Waals surface area contributed by atoms with E-state index in [2.05, 4.69) is 51.9 Å². The second-order valence-corrected chi connectivity index (χ2v) is 14.9. The Bertz CT molecular complexity index is 2710. The number of hydrogen-bond donors (Lipinski definition) is 2. The number of rotatable bonds is 12. The Morgan fingerprint density at radius 3 is 1.96 bits per heavy atom. The van der Waals surface area contributed by atoms with Crippen LogP contribution in [-0.4, -0.2) is 47.0 Å². The lowest BCUT2D eigenvalue weighted by Crippen LogP contribution is -2.21. The molecule has 1 aliphatic carbocycles. The fourth-order valence-electron chi connectivity index (χ4n) is 8.10. The third-order valence-corrected chi connectivity index (χ3v) is 11.2. The number of aromatic amines is 1. The summed E-state index contributed by atoms with van der Waals surface area (Å²) >= 11 is 0. The van der Waals surface area contributed by atoms with Gasteiger partial charge in [-0.3, -0.25) is 14.6 Å². The van der Waals surface area contributed by atoms with Gasteiger partial charge in [0.1, 0.15) is 0 Å². The van der Waals surface area contributed by atoms with Gasteiger partial charge in [-0.15, -0.1) is 0 Å². The molecule has 8 heteroatoms. The Morgan fingerprint density at radius 1 is 0.702 bits per heavy atom. The van der Waals surface area contributed by atoms with Crippen LogP contribution in [0.1, 0.15) is 92.6 Å². The molecule has 8 rings (SSSR count). The number of benzene rings is 5. The van der Waals surface area contributed by atoms with Crippen LogP contribution in [0.3, 0.4) is 0 Å². The lowest BCUT2D eigenvalue weighted by molar-refractivity contribution is -0.140. The minimum Gasteiger partial charge on any atom is -0.378 e. The molecule has 0 radical (unpaired) electrons. The first kappa shape index (κ1) is 37.3. The number of unbranched alkanes of at least 4 members (excludes halogenated alkanes) is 1. The number of ketones is 2. The maximum Gasteiger partial charge on any atom is 0.331 e. The van der Waals surface area contributed by atoms with Gasteiger partial charge in [0.2, 0.25) is 0 Å². The number of aliphatic imine (C=N–C) groups is 1. The molecule has 6 aromatic rings. The molecule has 57 heavy (non-hydrogen) atoms. The Kier molecular flexibility index (Phi) is 10.3. The molecule has 0 spiro atoms. The van der Waals surface area contributed by atoms with Gasteiger partial charge in [-0.05, 0) is 110 Å². The first-order valence-corrected chi connectivity index (χ1v) is 19.5. The molecule has 0 saturated carbocycles. The number of nitrogens with zero attached hydrogens (tertiary/aromatic N) is 2. The fraction of sp³-hybridized carbons (Fsp3) is 0.204. The molecular weight excluding hydrogens is 709 g/mol. The highest BCUT2D eigenvalue weighted by molar-refractivity contribution is 6.16. The maximum absolute atomic E-state index is 13.5. The van der Waals surface area contributed by atoms with Crippen molar-refractivity contribution < 1.29 is 19.2 Å². The average Bonchev–Trinajstić information content (AvgIpc) is 3.78. The van der Waals surface area contributed by atoms with Crippen molar-refractivity contribution in [3.63, 3.8) is 0 Å². The highest BCUT2D eigenvalue weighted by Gasteiger charge is 2.33. The van der Waals surface area contributed by atoms with Crippen LogP contribution in [-0.2, 0) is 9.63 Å². The molecule has 0 saturated heterocycles. The predicted molar refractivity (Wildman–Crippen MR) is 229 cm³/mol. The van der Waals surface area contributed by atoms with E-state index in [0.717, 1.165) is 80.3 Å². The van der Waals surface area contributed by atoms with E-state index in [1.165, 1.54) is 6.92 Å². The molecule has 2 heterocycles. The molecule has 0 amide bonds. The van der Waals surface area contributed by atoms with E-state index in [9.17, 15) is 14.4 Å². The van der Waals surface area contributed by atoms with E-state index in [0.29, 0.717) is 34.4 Å². The van der Waals surface area contributed by atoms with Gasteiger partial charge < -0.3 is 15.1 Å². The Hall–Kier alpha value is -6.67. The van der Waals surface area contributed by atoms with Gasteiger partial charge in [-0.2, -0.15) is 0 Å². The van der Waals surface area contributed by atoms with Gasteiger partial charge in [-0.1, -0.05) is 84.0 Å². The van der Waals surface area contributed by atoms with Crippen molar-refractivity contribution in [2.45, 2.75) is 58.4 Å². The number of oxime groups is 1. The Morgan fingerprint density at radius 2 is 1.30 bits per heavy atom. The van der Waals surface area contributed by atoms with E-state index < -0.39 is 5.97 Å². The summed E-state index contributed by atoms with van der Waals surface area (Å²) in [6, 6.07) is 33.7. The maximum atomic E-state index is 13.5. The van der Waals surface area contributed by atoms with Gasteiger partial charge in [0.05, 0.1) is 11.8 Å². The number of nitrogens with one attached hydrogen (secondary N) is 2. The molecule has 2 unspecified atom stereocenters. The van der Waals surface area contributed by atoms with Gasteiger partial charge in [0.15, 0.2) is 11.6 Å². The number of Topliss-reactive ketones (excluding diaryl/α,β-unsaturated/α-hetero) is 1. The van der Waals surface area contributed by atoms with E-state index in [1.807, 2.05) is 106 Å². The summed E-state index contributed by atoms with van der Waals surface area (Å²) in [5.74, 6) is -0.479. The van der Waals surface area contributed by atoms with Crippen LogP contribution < -0.4 is 5.32 Å². The minimum absolute atomic E-state index is 0.0104. The average molecular weight is 753 g/mol. The number of hydrogen-bond acceptors (Lipinski definition) is 7. The standard InChI is InChI=1S/C49H44N4O4/c1-29-11-5-7-13-36(29)48(55)34-19-23-46-40(27-34)38-25-32(17-21-44(38)51-46)42(50-4)15-9-10-16-43(53-57-31(3)54)33-18-22-45-39(26-33)41-28-35(20-24-47(41)52-45)49(56)37-14-8-6-12-30(37)2/h5-8,11-14,17-28,41,47,51-52H,9-10,15-16H2,1-4H3/b50-42?,53-43+. The first-order chi connectivity index (χ1) is 27.7. The monoisotopic (exact) mass is 752 g/mol. The van der Waals surface area contributed by atoms with Crippen molar-refractivity contribution >= 4 is 56.5 Å². The highest BCUT2D eigenvalue weighted by atomic mass is 16.7. The Balaban J connectivity index is 0.979. The summed E-state index contributed by atoms with van der Waals surface area (Å²) in [6.45, 7) is 5.27. The summed E-state index contributed by atoms with van der Waals surface area (Å²) in [5, 5.41) is 9.95. The second-order valence-electron chi connectivity index (χ2n) is 14.9. The third-order valence-electron chi connectivity index (χ3n) is 11.2. The number of carbonyl (C=O) groups excluding carboxylic acids is 3. The van der Waals surface area contributed by atoms with Crippen LogP contribution in [0.4, 0.5) is 5.69 Å². The van der Waals surface area contributed by atoms with Crippen molar-refractivity contribution in [1.82, 2.24) is 4.98 Å². The largest absolute Gasteiger partial charge is 0.378 e. The van der Waals surface area contributed by atoms with Crippen molar-refractivity contribution in [3.05, 3.63) is 171 Å². The van der Waals surface area contributed by atoms with E-state index in [4.69, 9.17) is 9.83 Å². The molecule has 1 aromatic heterocycles. The molecule has 2 atom stereocenters. The number of aromatic nitrogens is 1. The molecule has 0 bridgehead atoms. The quantitative estimate of drug-likeness (QED) is 0.0425. The van der Waals surface area contributed by atoms with Crippen LogP contribution >= 0.6 is 0 Å². The zero-order valence-corrected chi connectivity index (χ0v) is 32.6. The summed E-state index contributed by atoms with van der Waals surface area (Å²) in [4.78, 5) is 52.2. The normalized spacial score (nSPS) is 16.2. The van der Waals surface area contributed by atoms with Crippen LogP contribution in [0.25, 0.3) is 21.8 Å². The smallest absolute Gasteiger partial charge is 0.331 e. The number of allylic oxidation sites excluding steroid dienone is 2. The van der Waals surface area contributed by atoms with E-state index >= 15 is 0 Å². The van der Waals surface area contributed by atoms with Crippen molar-refractivity contribution in [3.8, 4) is 0 Å². The third kappa shape index (κ3) is 7.51. The molecule has 1 aliphatic heterocycles. The van der Waals surface area contributed by atoms with E-state index in [1.54, 1.807) is 0 Å². The molecule has 2 aliphatic rings. The second kappa shape index (κ2) is 15.8. The number of H-pyrrole nitrogens is 1. The molecule has 5 aromatic carbocycles. The van der Waals surface area contributed by atoms with Gasteiger partial charge in [-0.25, -0.2) is 4.79 Å².